The topological polar surface area (TPSA) is 21.7 Å². The lowest BCUT2D eigenvalue weighted by Crippen LogP contribution is -2.38. The van der Waals surface area contributed by atoms with Gasteiger partial charge in [-0.05, 0) is 55.1 Å². The molecule has 0 amide bonds. The molecule has 0 spiro atoms. The summed E-state index contributed by atoms with van der Waals surface area (Å²) >= 11 is 0. The Morgan fingerprint density at radius 1 is 0.920 bits per heavy atom. The van der Waals surface area contributed by atoms with Gasteiger partial charge in [0, 0.05) is 12.5 Å². The van der Waals surface area contributed by atoms with E-state index in [1.807, 2.05) is 6.07 Å². The van der Waals surface area contributed by atoms with Gasteiger partial charge in [-0.25, -0.2) is 0 Å². The van der Waals surface area contributed by atoms with Crippen LogP contribution in [0.3, 0.4) is 0 Å². The fourth-order valence-corrected chi connectivity index (χ4v) is 4.06. The van der Waals surface area contributed by atoms with Gasteiger partial charge in [0.2, 0.25) is 0 Å². The zero-order chi connectivity index (χ0) is 17.6. The van der Waals surface area contributed by atoms with Gasteiger partial charge in [0.05, 0.1) is 14.2 Å². The molecule has 2 aromatic carbocycles. The third-order valence-electron chi connectivity index (χ3n) is 5.30. The lowest BCUT2D eigenvalue weighted by atomic mass is 9.76. The van der Waals surface area contributed by atoms with Crippen molar-refractivity contribution in [2.24, 2.45) is 0 Å². The van der Waals surface area contributed by atoms with Gasteiger partial charge in [0.1, 0.15) is 0 Å². The summed E-state index contributed by atoms with van der Waals surface area (Å²) in [7, 11) is 3.40. The number of likely N-dealkylation sites (tertiary alicyclic amines) is 1. The second kappa shape index (κ2) is 8.39. The Morgan fingerprint density at radius 2 is 1.68 bits per heavy atom. The third kappa shape index (κ3) is 3.98. The quantitative estimate of drug-likeness (QED) is 0.762. The average molecular weight is 339 g/mol. The van der Waals surface area contributed by atoms with Gasteiger partial charge in [-0.2, -0.15) is 0 Å². The van der Waals surface area contributed by atoms with Crippen molar-refractivity contribution < 1.29 is 9.47 Å². The van der Waals surface area contributed by atoms with E-state index in [1.165, 1.54) is 37.1 Å². The Balaban J connectivity index is 1.94. The molecule has 0 aliphatic carbocycles. The van der Waals surface area contributed by atoms with E-state index in [2.05, 4.69) is 54.3 Å². The molecule has 3 nitrogen and oxygen atoms in total. The van der Waals surface area contributed by atoms with Crippen molar-refractivity contribution >= 4 is 0 Å². The molecular weight excluding hydrogens is 310 g/mol. The predicted octanol–water partition coefficient (Wildman–Crippen LogP) is 4.69. The molecule has 3 rings (SSSR count). The summed E-state index contributed by atoms with van der Waals surface area (Å²) in [5.74, 6) is 2.64. The highest BCUT2D eigenvalue weighted by atomic mass is 16.5. The van der Waals surface area contributed by atoms with Gasteiger partial charge in [-0.1, -0.05) is 43.3 Å². The van der Waals surface area contributed by atoms with Crippen LogP contribution >= 0.6 is 0 Å². The minimum atomic E-state index is 0.475. The summed E-state index contributed by atoms with van der Waals surface area (Å²) in [4.78, 5) is 2.60. The van der Waals surface area contributed by atoms with E-state index in [4.69, 9.17) is 9.47 Å². The number of nitrogens with zero attached hydrogens (tertiary/aromatic N) is 1. The maximum atomic E-state index is 5.54. The van der Waals surface area contributed by atoms with Crippen molar-refractivity contribution in [2.45, 2.75) is 31.6 Å². The van der Waals surface area contributed by atoms with Gasteiger partial charge in [0.25, 0.3) is 0 Å². The van der Waals surface area contributed by atoms with E-state index >= 15 is 0 Å². The van der Waals surface area contributed by atoms with Crippen LogP contribution in [0.2, 0.25) is 0 Å². The molecule has 0 unspecified atom stereocenters. The molecule has 1 heterocycles. The summed E-state index contributed by atoms with van der Waals surface area (Å²) in [5, 5.41) is 0. The molecule has 0 radical (unpaired) electrons. The summed E-state index contributed by atoms with van der Waals surface area (Å²) < 4.78 is 11.0. The Labute approximate surface area is 151 Å². The lowest BCUT2D eigenvalue weighted by Gasteiger charge is -2.39. The van der Waals surface area contributed by atoms with Gasteiger partial charge in [0.15, 0.2) is 11.5 Å². The molecule has 25 heavy (non-hydrogen) atoms. The number of hydrogen-bond donors (Lipinski definition) is 0. The first-order valence-electron chi connectivity index (χ1n) is 9.26. The zero-order valence-electron chi connectivity index (χ0n) is 15.6. The van der Waals surface area contributed by atoms with E-state index in [9.17, 15) is 0 Å². The summed E-state index contributed by atoms with van der Waals surface area (Å²) in [5.41, 5.74) is 2.78. The Morgan fingerprint density at radius 3 is 2.36 bits per heavy atom. The van der Waals surface area contributed by atoms with Crippen molar-refractivity contribution in [3.8, 4) is 11.5 Å². The molecule has 3 heteroatoms. The van der Waals surface area contributed by atoms with E-state index in [0.717, 1.165) is 18.0 Å². The normalized spacial score (nSPS) is 21.1. The Hall–Kier alpha value is -2.00. The van der Waals surface area contributed by atoms with Crippen LogP contribution in [0.1, 0.15) is 42.7 Å². The number of ether oxygens (including phenoxy) is 2. The fraction of sp³-hybridized carbons (Fsp3) is 0.455. The summed E-state index contributed by atoms with van der Waals surface area (Å²) in [6.45, 7) is 5.71. The lowest BCUT2D eigenvalue weighted by molar-refractivity contribution is 0.189. The minimum absolute atomic E-state index is 0.475. The van der Waals surface area contributed by atoms with Crippen LogP contribution in [-0.2, 0) is 0 Å². The molecule has 1 saturated heterocycles. The van der Waals surface area contributed by atoms with E-state index in [-0.39, 0.29) is 0 Å². The highest BCUT2D eigenvalue weighted by Gasteiger charge is 2.31. The molecule has 134 valence electrons. The number of hydrogen-bond acceptors (Lipinski definition) is 3. The first-order chi connectivity index (χ1) is 12.3. The number of methoxy groups -OCH3 is 2. The van der Waals surface area contributed by atoms with Crippen molar-refractivity contribution in [1.29, 1.82) is 0 Å². The summed E-state index contributed by atoms with van der Waals surface area (Å²) in [6.07, 6.45) is 2.40. The molecule has 0 aromatic heterocycles. The average Bonchev–Trinajstić information content (AvgIpc) is 2.68. The predicted molar refractivity (Wildman–Crippen MR) is 103 cm³/mol. The molecule has 1 fully saturated rings. The largest absolute Gasteiger partial charge is 0.493 e. The second-order valence-corrected chi connectivity index (χ2v) is 6.83. The Bertz CT molecular complexity index is 671. The number of rotatable bonds is 6. The smallest absolute Gasteiger partial charge is 0.160 e. The molecule has 2 aromatic rings. The van der Waals surface area contributed by atoms with Crippen molar-refractivity contribution in [3.05, 3.63) is 59.7 Å². The van der Waals surface area contributed by atoms with Crippen molar-refractivity contribution in [1.82, 2.24) is 4.90 Å². The summed E-state index contributed by atoms with van der Waals surface area (Å²) in [6, 6.07) is 17.4. The van der Waals surface area contributed by atoms with Gasteiger partial charge < -0.3 is 14.4 Å². The van der Waals surface area contributed by atoms with E-state index in [1.54, 1.807) is 14.2 Å². The highest BCUT2D eigenvalue weighted by Crippen LogP contribution is 2.42. The SMILES string of the molecule is CCCN1CC[C@H](c2ccccc2)[C@H](c2ccc(OC)c(OC)c2)C1. The van der Waals surface area contributed by atoms with Crippen LogP contribution in [0.5, 0.6) is 11.5 Å². The van der Waals surface area contributed by atoms with Crippen LogP contribution < -0.4 is 9.47 Å². The van der Waals surface area contributed by atoms with Crippen LogP contribution in [-0.4, -0.2) is 38.8 Å². The Kier molecular flexibility index (Phi) is 5.98. The van der Waals surface area contributed by atoms with Gasteiger partial charge >= 0.3 is 0 Å². The molecular formula is C22H29NO2. The van der Waals surface area contributed by atoms with E-state index < -0.39 is 0 Å². The highest BCUT2D eigenvalue weighted by molar-refractivity contribution is 5.45. The standard InChI is InChI=1S/C22H29NO2/c1-4-13-23-14-12-19(17-8-6-5-7-9-17)20(16-23)18-10-11-21(24-2)22(15-18)25-3/h5-11,15,19-20H,4,12-14,16H2,1-3H3/t19-,20+/m1/s1. The van der Waals surface area contributed by atoms with Crippen LogP contribution in [0.25, 0.3) is 0 Å². The van der Waals surface area contributed by atoms with Crippen molar-refractivity contribution in [2.75, 3.05) is 33.9 Å². The molecule has 2 atom stereocenters. The van der Waals surface area contributed by atoms with Crippen LogP contribution in [0.15, 0.2) is 48.5 Å². The van der Waals surface area contributed by atoms with Gasteiger partial charge in [-0.15, -0.1) is 0 Å². The molecule has 0 N–H and O–H groups in total. The first-order valence-corrected chi connectivity index (χ1v) is 9.26. The first kappa shape index (κ1) is 17.8. The van der Waals surface area contributed by atoms with Crippen LogP contribution in [0.4, 0.5) is 0 Å². The maximum absolute atomic E-state index is 5.54. The third-order valence-corrected chi connectivity index (χ3v) is 5.30. The van der Waals surface area contributed by atoms with Gasteiger partial charge in [-0.3, -0.25) is 0 Å². The molecule has 0 saturated carbocycles. The maximum Gasteiger partial charge on any atom is 0.160 e. The molecule has 0 bridgehead atoms. The van der Waals surface area contributed by atoms with Crippen molar-refractivity contribution in [3.63, 3.8) is 0 Å². The fourth-order valence-electron chi connectivity index (χ4n) is 4.06. The zero-order valence-corrected chi connectivity index (χ0v) is 15.6. The van der Waals surface area contributed by atoms with E-state index in [0.29, 0.717) is 11.8 Å². The van der Waals surface area contributed by atoms with Crippen LogP contribution in [0, 0.1) is 0 Å². The minimum Gasteiger partial charge on any atom is -0.493 e. The molecule has 1 aliphatic rings. The number of piperidine rings is 1. The monoisotopic (exact) mass is 339 g/mol. The number of benzene rings is 2. The second-order valence-electron chi connectivity index (χ2n) is 6.83. The molecule has 1 aliphatic heterocycles.